The molecule has 1 unspecified atom stereocenters. The Balaban J connectivity index is 2.16. The zero-order valence-electron chi connectivity index (χ0n) is 9.89. The van der Waals surface area contributed by atoms with Gasteiger partial charge in [-0.25, -0.2) is 0 Å². The van der Waals surface area contributed by atoms with Crippen LogP contribution in [0, 0.1) is 11.3 Å². The summed E-state index contributed by atoms with van der Waals surface area (Å²) in [5, 5.41) is 4.51. The summed E-state index contributed by atoms with van der Waals surface area (Å²) in [5.74, 6) is 1.35. The molecule has 0 saturated carbocycles. The highest BCUT2D eigenvalue weighted by molar-refractivity contribution is 6.31. The fourth-order valence-electron chi connectivity index (χ4n) is 3.48. The van der Waals surface area contributed by atoms with Gasteiger partial charge in [0.2, 0.25) is 0 Å². The molecule has 3 atom stereocenters. The Bertz CT molecular complexity index is 429. The van der Waals surface area contributed by atoms with Crippen LogP contribution in [-0.4, -0.2) is 13.1 Å². The molecule has 16 heavy (non-hydrogen) atoms. The third-order valence-electron chi connectivity index (χ3n) is 4.82. The lowest BCUT2D eigenvalue weighted by atomic mass is 9.61. The highest BCUT2D eigenvalue weighted by Gasteiger charge is 2.47. The number of nitrogens with one attached hydrogen (secondary N) is 1. The third-order valence-corrected chi connectivity index (χ3v) is 5.17. The molecule has 1 fully saturated rings. The summed E-state index contributed by atoms with van der Waals surface area (Å²) in [6.45, 7) is 7.04. The van der Waals surface area contributed by atoms with Crippen LogP contribution in [0.25, 0.3) is 0 Å². The van der Waals surface area contributed by atoms with E-state index in [4.69, 9.17) is 11.6 Å². The molecule has 2 aliphatic rings. The van der Waals surface area contributed by atoms with Gasteiger partial charge in [-0.15, -0.1) is 0 Å². The van der Waals surface area contributed by atoms with E-state index in [1.807, 2.05) is 6.07 Å². The van der Waals surface area contributed by atoms with Gasteiger partial charge in [-0.05, 0) is 34.9 Å². The summed E-state index contributed by atoms with van der Waals surface area (Å²) in [7, 11) is 0. The van der Waals surface area contributed by atoms with Crippen molar-refractivity contribution in [2.75, 3.05) is 13.1 Å². The largest absolute Gasteiger partial charge is 0.316 e. The number of hydrogen-bond acceptors (Lipinski definition) is 1. The van der Waals surface area contributed by atoms with E-state index in [1.54, 1.807) is 0 Å². The summed E-state index contributed by atoms with van der Waals surface area (Å²) < 4.78 is 0. The quantitative estimate of drug-likeness (QED) is 0.728. The fourth-order valence-corrected chi connectivity index (χ4v) is 3.74. The van der Waals surface area contributed by atoms with Crippen LogP contribution >= 0.6 is 11.6 Å². The molecular formula is C14H18ClN. The van der Waals surface area contributed by atoms with E-state index < -0.39 is 0 Å². The van der Waals surface area contributed by atoms with Gasteiger partial charge < -0.3 is 5.32 Å². The Hall–Kier alpha value is -0.530. The number of fused-ring (bicyclic) bond motifs is 3. The van der Waals surface area contributed by atoms with E-state index in [0.717, 1.165) is 24.5 Å². The standard InChI is InChI=1S/C14H18ClN/c1-9-6-11-10(4-3-5-13(11)15)12-7-16-8-14(9,12)2/h3-5,9,12,16H,6-8H2,1-2H3/t9-,12?,14+/m0/s1. The van der Waals surface area contributed by atoms with Crippen LogP contribution in [-0.2, 0) is 6.42 Å². The van der Waals surface area contributed by atoms with Gasteiger partial charge in [-0.1, -0.05) is 37.6 Å². The predicted molar refractivity (Wildman–Crippen MR) is 68.0 cm³/mol. The van der Waals surface area contributed by atoms with Crippen molar-refractivity contribution in [2.45, 2.75) is 26.2 Å². The van der Waals surface area contributed by atoms with E-state index in [9.17, 15) is 0 Å². The second-order valence-electron chi connectivity index (χ2n) is 5.60. The number of halogens is 1. The van der Waals surface area contributed by atoms with Gasteiger partial charge in [-0.3, -0.25) is 0 Å². The molecule has 1 aliphatic heterocycles. The molecule has 1 saturated heterocycles. The second-order valence-corrected chi connectivity index (χ2v) is 6.01. The van der Waals surface area contributed by atoms with E-state index >= 15 is 0 Å². The van der Waals surface area contributed by atoms with Crippen molar-refractivity contribution in [3.05, 3.63) is 34.3 Å². The molecule has 0 amide bonds. The van der Waals surface area contributed by atoms with Crippen LogP contribution < -0.4 is 5.32 Å². The molecular weight excluding hydrogens is 218 g/mol. The number of hydrogen-bond donors (Lipinski definition) is 1. The summed E-state index contributed by atoms with van der Waals surface area (Å²) in [6.07, 6.45) is 1.13. The summed E-state index contributed by atoms with van der Waals surface area (Å²) in [4.78, 5) is 0. The zero-order chi connectivity index (χ0) is 11.3. The minimum absolute atomic E-state index is 0.414. The van der Waals surface area contributed by atoms with Crippen molar-refractivity contribution in [2.24, 2.45) is 11.3 Å². The highest BCUT2D eigenvalue weighted by atomic mass is 35.5. The first kappa shape index (κ1) is 10.6. The lowest BCUT2D eigenvalue weighted by Crippen LogP contribution is -2.37. The smallest absolute Gasteiger partial charge is 0.0440 e. The van der Waals surface area contributed by atoms with Gasteiger partial charge >= 0.3 is 0 Å². The van der Waals surface area contributed by atoms with Crippen molar-refractivity contribution in [1.29, 1.82) is 0 Å². The predicted octanol–water partition coefficient (Wildman–Crippen LogP) is 3.23. The van der Waals surface area contributed by atoms with Gasteiger partial charge in [0.15, 0.2) is 0 Å². The molecule has 0 spiro atoms. The van der Waals surface area contributed by atoms with E-state index in [-0.39, 0.29) is 0 Å². The van der Waals surface area contributed by atoms with Crippen LogP contribution in [0.5, 0.6) is 0 Å². The van der Waals surface area contributed by atoms with Crippen LogP contribution in [0.15, 0.2) is 18.2 Å². The number of rotatable bonds is 0. The Labute approximate surface area is 102 Å². The van der Waals surface area contributed by atoms with Crippen molar-refractivity contribution < 1.29 is 0 Å². The van der Waals surface area contributed by atoms with Crippen LogP contribution in [0.1, 0.15) is 30.9 Å². The van der Waals surface area contributed by atoms with E-state index in [1.165, 1.54) is 11.1 Å². The Morgan fingerprint density at radius 2 is 2.25 bits per heavy atom. The first-order valence-corrected chi connectivity index (χ1v) is 6.49. The minimum Gasteiger partial charge on any atom is -0.316 e. The molecule has 1 N–H and O–H groups in total. The monoisotopic (exact) mass is 235 g/mol. The molecule has 1 heterocycles. The van der Waals surface area contributed by atoms with Gasteiger partial charge in [-0.2, -0.15) is 0 Å². The molecule has 1 aromatic rings. The summed E-state index contributed by atoms with van der Waals surface area (Å²) in [6, 6.07) is 6.39. The van der Waals surface area contributed by atoms with Gasteiger partial charge in [0.1, 0.15) is 0 Å². The third kappa shape index (κ3) is 1.28. The summed E-state index contributed by atoms with van der Waals surface area (Å²) >= 11 is 6.32. The van der Waals surface area contributed by atoms with E-state index in [0.29, 0.717) is 17.3 Å². The highest BCUT2D eigenvalue weighted by Crippen LogP contribution is 2.51. The molecule has 3 rings (SSSR count). The SMILES string of the molecule is C[C@H]1Cc2c(Cl)cccc2C2CNC[C@@]21C. The molecule has 1 aromatic carbocycles. The Morgan fingerprint density at radius 3 is 3.06 bits per heavy atom. The lowest BCUT2D eigenvalue weighted by Gasteiger charge is -2.42. The van der Waals surface area contributed by atoms with Crippen molar-refractivity contribution in [1.82, 2.24) is 5.32 Å². The molecule has 1 nitrogen and oxygen atoms in total. The first-order chi connectivity index (χ1) is 7.63. The molecule has 86 valence electrons. The van der Waals surface area contributed by atoms with Crippen molar-refractivity contribution in [3.63, 3.8) is 0 Å². The molecule has 0 bridgehead atoms. The molecule has 0 radical (unpaired) electrons. The van der Waals surface area contributed by atoms with Crippen LogP contribution in [0.4, 0.5) is 0 Å². The van der Waals surface area contributed by atoms with Crippen LogP contribution in [0.3, 0.4) is 0 Å². The normalized spacial score (nSPS) is 36.9. The fraction of sp³-hybridized carbons (Fsp3) is 0.571. The Kier molecular flexibility index (Phi) is 2.31. The zero-order valence-corrected chi connectivity index (χ0v) is 10.6. The molecule has 1 aliphatic carbocycles. The van der Waals surface area contributed by atoms with Gasteiger partial charge in [0.25, 0.3) is 0 Å². The topological polar surface area (TPSA) is 12.0 Å². The maximum atomic E-state index is 6.32. The van der Waals surface area contributed by atoms with Gasteiger partial charge in [0.05, 0.1) is 0 Å². The molecule has 2 heteroatoms. The van der Waals surface area contributed by atoms with Crippen LogP contribution in [0.2, 0.25) is 5.02 Å². The average molecular weight is 236 g/mol. The van der Waals surface area contributed by atoms with Crippen molar-refractivity contribution in [3.8, 4) is 0 Å². The first-order valence-electron chi connectivity index (χ1n) is 6.11. The minimum atomic E-state index is 0.414. The van der Waals surface area contributed by atoms with E-state index in [2.05, 4.69) is 31.3 Å². The lowest BCUT2D eigenvalue weighted by molar-refractivity contribution is 0.184. The summed E-state index contributed by atoms with van der Waals surface area (Å²) in [5.41, 5.74) is 3.29. The van der Waals surface area contributed by atoms with Crippen molar-refractivity contribution >= 4 is 11.6 Å². The van der Waals surface area contributed by atoms with Gasteiger partial charge in [0, 0.05) is 24.0 Å². The molecule has 0 aromatic heterocycles. The Morgan fingerprint density at radius 1 is 1.44 bits per heavy atom. The maximum Gasteiger partial charge on any atom is 0.0440 e. The maximum absolute atomic E-state index is 6.32. The average Bonchev–Trinajstić information content (AvgIpc) is 2.64. The number of benzene rings is 1. The second kappa shape index (κ2) is 3.48.